The van der Waals surface area contributed by atoms with Crippen molar-refractivity contribution in [1.29, 1.82) is 0 Å². The van der Waals surface area contributed by atoms with Crippen LogP contribution in [0.3, 0.4) is 0 Å². The zero-order valence-electron chi connectivity index (χ0n) is 10.7. The molecule has 0 aliphatic carbocycles. The largest absolute Gasteiger partial charge is 0.417 e. The third-order valence-electron chi connectivity index (χ3n) is 2.79. The van der Waals surface area contributed by atoms with Crippen LogP contribution in [-0.4, -0.2) is 20.8 Å². The second-order valence-electron chi connectivity index (χ2n) is 4.32. The summed E-state index contributed by atoms with van der Waals surface area (Å²) in [4.78, 5) is 0. The van der Waals surface area contributed by atoms with Crippen LogP contribution in [0.5, 0.6) is 0 Å². The normalized spacial score (nSPS) is 12.0. The fourth-order valence-corrected chi connectivity index (χ4v) is 7.03. The summed E-state index contributed by atoms with van der Waals surface area (Å²) in [7, 11) is -1.42. The van der Waals surface area contributed by atoms with E-state index in [4.69, 9.17) is 16.0 Å². The maximum absolute atomic E-state index is 6.24. The lowest BCUT2D eigenvalue weighted by Crippen LogP contribution is -2.38. The molecule has 15 heavy (non-hydrogen) atoms. The third-order valence-corrected chi connectivity index (χ3v) is 7.96. The molecule has 0 N–H and O–H groups in total. The Morgan fingerprint density at radius 2 is 1.53 bits per heavy atom. The Morgan fingerprint density at radius 3 is 1.93 bits per heavy atom. The van der Waals surface area contributed by atoms with Gasteiger partial charge in [-0.2, -0.15) is 0 Å². The maximum Gasteiger partial charge on any atom is 0.192 e. The first-order valence-corrected chi connectivity index (χ1v) is 9.51. The molecule has 0 amide bonds. The minimum Gasteiger partial charge on any atom is -0.417 e. The van der Waals surface area contributed by atoms with E-state index in [0.29, 0.717) is 0 Å². The Labute approximate surface area is 102 Å². The molecule has 0 heterocycles. The van der Waals surface area contributed by atoms with Gasteiger partial charge in [-0.1, -0.05) is 33.6 Å². The van der Waals surface area contributed by atoms with Crippen molar-refractivity contribution >= 4 is 19.9 Å². The van der Waals surface area contributed by atoms with Crippen LogP contribution in [-0.2, 0) is 4.43 Å². The molecule has 0 aromatic carbocycles. The van der Waals surface area contributed by atoms with Crippen LogP contribution in [0.25, 0.3) is 0 Å². The van der Waals surface area contributed by atoms with Gasteiger partial charge >= 0.3 is 0 Å². The Kier molecular flexibility index (Phi) is 9.98. The predicted octanol–water partition coefficient (Wildman–Crippen LogP) is 4.81. The average molecular weight is 251 g/mol. The molecule has 92 valence electrons. The van der Waals surface area contributed by atoms with Crippen molar-refractivity contribution in [3.05, 3.63) is 0 Å². The highest BCUT2D eigenvalue weighted by molar-refractivity contribution is 6.73. The van der Waals surface area contributed by atoms with Crippen molar-refractivity contribution in [1.82, 2.24) is 0 Å². The Balaban J connectivity index is 4.26. The van der Waals surface area contributed by atoms with Gasteiger partial charge in [-0.05, 0) is 31.0 Å². The van der Waals surface area contributed by atoms with Gasteiger partial charge < -0.3 is 4.43 Å². The van der Waals surface area contributed by atoms with Gasteiger partial charge in [-0.3, -0.25) is 0 Å². The summed E-state index contributed by atoms with van der Waals surface area (Å²) < 4.78 is 6.24. The summed E-state index contributed by atoms with van der Waals surface area (Å²) in [6, 6.07) is 3.90. The lowest BCUT2D eigenvalue weighted by atomic mass is 10.5. The highest BCUT2D eigenvalue weighted by Crippen LogP contribution is 2.27. The van der Waals surface area contributed by atoms with Crippen molar-refractivity contribution in [2.75, 3.05) is 12.5 Å². The number of hydrogen-bond donors (Lipinski definition) is 0. The molecule has 0 aliphatic heterocycles. The first-order chi connectivity index (χ1) is 7.24. The zero-order valence-corrected chi connectivity index (χ0v) is 12.4. The van der Waals surface area contributed by atoms with E-state index in [2.05, 4.69) is 20.8 Å². The zero-order chi connectivity index (χ0) is 11.6. The molecule has 0 radical (unpaired) electrons. The summed E-state index contributed by atoms with van der Waals surface area (Å²) in [5.74, 6) is 0.789. The van der Waals surface area contributed by atoms with Crippen molar-refractivity contribution in [3.8, 4) is 0 Å². The topological polar surface area (TPSA) is 9.23 Å². The number of hydrogen-bond acceptors (Lipinski definition) is 1. The third kappa shape index (κ3) is 6.59. The highest BCUT2D eigenvalue weighted by Gasteiger charge is 2.31. The summed E-state index contributed by atoms with van der Waals surface area (Å²) in [5, 5.41) is 0. The van der Waals surface area contributed by atoms with Crippen LogP contribution in [0.2, 0.25) is 18.1 Å². The first kappa shape index (κ1) is 15.5. The van der Waals surface area contributed by atoms with Crippen molar-refractivity contribution in [2.45, 2.75) is 64.6 Å². The minimum atomic E-state index is -1.42. The molecule has 0 atom stereocenters. The van der Waals surface area contributed by atoms with E-state index < -0.39 is 8.32 Å². The molecule has 1 nitrogen and oxygen atoms in total. The monoisotopic (exact) mass is 250 g/mol. The van der Waals surface area contributed by atoms with Crippen molar-refractivity contribution in [2.24, 2.45) is 0 Å². The quantitative estimate of drug-likeness (QED) is 0.400. The molecular weight excluding hydrogens is 224 g/mol. The fraction of sp³-hybridized carbons (Fsp3) is 1.00. The lowest BCUT2D eigenvalue weighted by Gasteiger charge is -2.31. The SMILES string of the molecule is CCCO[Si](CCC)(CCC)CCCCl. The smallest absolute Gasteiger partial charge is 0.192 e. The van der Waals surface area contributed by atoms with Gasteiger partial charge in [0.25, 0.3) is 0 Å². The van der Waals surface area contributed by atoms with Gasteiger partial charge in [0.2, 0.25) is 0 Å². The Morgan fingerprint density at radius 1 is 0.933 bits per heavy atom. The van der Waals surface area contributed by atoms with Crippen LogP contribution in [0.1, 0.15) is 46.5 Å². The summed E-state index contributed by atoms with van der Waals surface area (Å²) in [6.45, 7) is 7.69. The van der Waals surface area contributed by atoms with Crippen LogP contribution < -0.4 is 0 Å². The number of halogens is 1. The fourth-order valence-electron chi connectivity index (χ4n) is 2.21. The van der Waals surface area contributed by atoms with Gasteiger partial charge in [-0.25, -0.2) is 0 Å². The van der Waals surface area contributed by atoms with Crippen LogP contribution >= 0.6 is 11.6 Å². The van der Waals surface area contributed by atoms with E-state index >= 15 is 0 Å². The first-order valence-electron chi connectivity index (χ1n) is 6.44. The number of rotatable bonds is 10. The Hall–Kier alpha value is 0.467. The molecule has 3 heteroatoms. The second kappa shape index (κ2) is 9.68. The van der Waals surface area contributed by atoms with Crippen LogP contribution in [0, 0.1) is 0 Å². The molecule has 0 spiro atoms. The average Bonchev–Trinajstić information content (AvgIpc) is 2.24. The second-order valence-corrected chi connectivity index (χ2v) is 8.86. The molecule has 0 bridgehead atoms. The molecule has 0 aromatic rings. The number of alkyl halides is 1. The summed E-state index contributed by atoms with van der Waals surface area (Å²) >= 11 is 5.81. The standard InChI is InChI=1S/C12H27ClOSi/c1-4-9-14-15(10-5-2,11-6-3)12-7-8-13/h4-12H2,1-3H3. The van der Waals surface area contributed by atoms with Gasteiger partial charge in [-0.15, -0.1) is 11.6 Å². The molecule has 0 saturated carbocycles. The van der Waals surface area contributed by atoms with Crippen LogP contribution in [0.4, 0.5) is 0 Å². The van der Waals surface area contributed by atoms with E-state index in [0.717, 1.165) is 25.3 Å². The molecular formula is C12H27ClOSi. The highest BCUT2D eigenvalue weighted by atomic mass is 35.5. The summed E-state index contributed by atoms with van der Waals surface area (Å²) in [6.07, 6.45) is 4.80. The maximum atomic E-state index is 6.24. The van der Waals surface area contributed by atoms with Gasteiger partial charge in [0.15, 0.2) is 8.32 Å². The van der Waals surface area contributed by atoms with E-state index in [1.165, 1.54) is 31.0 Å². The minimum absolute atomic E-state index is 0.789. The van der Waals surface area contributed by atoms with Gasteiger partial charge in [0.1, 0.15) is 0 Å². The van der Waals surface area contributed by atoms with Crippen molar-refractivity contribution in [3.63, 3.8) is 0 Å². The summed E-state index contributed by atoms with van der Waals surface area (Å²) in [5.41, 5.74) is 0. The molecule has 0 aromatic heterocycles. The van der Waals surface area contributed by atoms with Crippen LogP contribution in [0.15, 0.2) is 0 Å². The molecule has 0 unspecified atom stereocenters. The molecule has 0 fully saturated rings. The van der Waals surface area contributed by atoms with Gasteiger partial charge in [0.05, 0.1) is 0 Å². The van der Waals surface area contributed by atoms with E-state index in [1.54, 1.807) is 0 Å². The molecule has 0 saturated heterocycles. The lowest BCUT2D eigenvalue weighted by molar-refractivity contribution is 0.295. The molecule has 0 rings (SSSR count). The molecule has 0 aliphatic rings. The Bertz CT molecular complexity index is 126. The van der Waals surface area contributed by atoms with E-state index in [1.807, 2.05) is 0 Å². The van der Waals surface area contributed by atoms with Gasteiger partial charge in [0, 0.05) is 12.5 Å². The van der Waals surface area contributed by atoms with Crippen molar-refractivity contribution < 1.29 is 4.43 Å². The predicted molar refractivity (Wildman–Crippen MR) is 72.3 cm³/mol. The van der Waals surface area contributed by atoms with E-state index in [9.17, 15) is 0 Å². The van der Waals surface area contributed by atoms with E-state index in [-0.39, 0.29) is 0 Å².